The van der Waals surface area contributed by atoms with Crippen molar-refractivity contribution in [3.05, 3.63) is 23.3 Å². The molecule has 0 fully saturated rings. The smallest absolute Gasteiger partial charge is 0.159 e. The molecule has 0 amide bonds. The second kappa shape index (κ2) is 12.0. The number of Topliss-reactive ketones (excluding diaryl/α,β-unsaturated/α-hetero) is 1. The van der Waals surface area contributed by atoms with Gasteiger partial charge in [-0.2, -0.15) is 0 Å². The molecular formula is C20H31O4-. The molecule has 4 nitrogen and oxygen atoms in total. The summed E-state index contributed by atoms with van der Waals surface area (Å²) in [5, 5.41) is 20.3. The first kappa shape index (κ1) is 20.6. The van der Waals surface area contributed by atoms with Crippen molar-refractivity contribution >= 4 is 11.8 Å². The van der Waals surface area contributed by atoms with Crippen molar-refractivity contribution < 1.29 is 19.8 Å². The highest BCUT2D eigenvalue weighted by Gasteiger charge is 2.20. The molecule has 0 unspecified atom stereocenters. The maximum absolute atomic E-state index is 12.0. The molecule has 0 heterocycles. The lowest BCUT2D eigenvalue weighted by Gasteiger charge is -2.06. The van der Waals surface area contributed by atoms with Crippen LogP contribution in [0.4, 0.5) is 0 Å². The number of aliphatic hydroxyl groups excluding tert-OH is 1. The Bertz CT molecular complexity index is 462. The summed E-state index contributed by atoms with van der Waals surface area (Å²) in [7, 11) is 0. The lowest BCUT2D eigenvalue weighted by Crippen LogP contribution is -2.21. The number of rotatable bonds is 13. The quantitative estimate of drug-likeness (QED) is 0.524. The molecule has 0 aromatic heterocycles. The highest BCUT2D eigenvalue weighted by molar-refractivity contribution is 5.99. The third-order valence-electron chi connectivity index (χ3n) is 4.53. The molecule has 0 aromatic rings. The fourth-order valence-electron chi connectivity index (χ4n) is 3.06. The third-order valence-corrected chi connectivity index (χ3v) is 4.53. The van der Waals surface area contributed by atoms with Crippen LogP contribution in [0.15, 0.2) is 23.3 Å². The molecule has 4 heteroatoms. The molecule has 136 valence electrons. The zero-order chi connectivity index (χ0) is 17.8. The molecule has 0 saturated heterocycles. The largest absolute Gasteiger partial charge is 0.550 e. The van der Waals surface area contributed by atoms with Crippen LogP contribution in [-0.2, 0) is 9.59 Å². The first-order chi connectivity index (χ1) is 11.5. The normalized spacial score (nSPS) is 16.3. The number of hydrogen-bond donors (Lipinski definition) is 1. The summed E-state index contributed by atoms with van der Waals surface area (Å²) in [6.45, 7) is 2.14. The summed E-state index contributed by atoms with van der Waals surface area (Å²) in [6.07, 6.45) is 13.0. The number of carbonyl (C=O) groups excluding carboxylic acids is 2. The Balaban J connectivity index is 2.39. The van der Waals surface area contributed by atoms with Gasteiger partial charge in [-0.15, -0.1) is 0 Å². The minimum absolute atomic E-state index is 0.117. The van der Waals surface area contributed by atoms with E-state index in [0.717, 1.165) is 68.9 Å². The van der Waals surface area contributed by atoms with Gasteiger partial charge in [-0.25, -0.2) is 0 Å². The van der Waals surface area contributed by atoms with E-state index >= 15 is 0 Å². The molecule has 0 radical (unpaired) electrons. The highest BCUT2D eigenvalue weighted by atomic mass is 16.4. The van der Waals surface area contributed by atoms with Crippen molar-refractivity contribution in [3.8, 4) is 0 Å². The predicted octanol–water partition coefficient (Wildman–Crippen LogP) is 3.23. The number of carboxylic acid groups (broad SMARTS) is 1. The first-order valence-electron chi connectivity index (χ1n) is 9.36. The number of aliphatic carboxylic acids is 1. The summed E-state index contributed by atoms with van der Waals surface area (Å²) in [5.74, 6) is -0.765. The summed E-state index contributed by atoms with van der Waals surface area (Å²) < 4.78 is 0. The molecular weight excluding hydrogens is 304 g/mol. The van der Waals surface area contributed by atoms with E-state index in [9.17, 15) is 19.8 Å². The van der Waals surface area contributed by atoms with Gasteiger partial charge in [0.1, 0.15) is 0 Å². The molecule has 1 N–H and O–H groups in total. The van der Waals surface area contributed by atoms with Crippen LogP contribution in [0.2, 0.25) is 0 Å². The maximum Gasteiger partial charge on any atom is 0.159 e. The van der Waals surface area contributed by atoms with E-state index in [1.165, 1.54) is 0 Å². The van der Waals surface area contributed by atoms with E-state index in [2.05, 4.69) is 6.92 Å². The van der Waals surface area contributed by atoms with E-state index in [1.807, 2.05) is 12.2 Å². The number of allylic oxidation sites excluding steroid dienone is 3. The van der Waals surface area contributed by atoms with Crippen molar-refractivity contribution in [2.75, 3.05) is 0 Å². The molecule has 0 bridgehead atoms. The second-order valence-electron chi connectivity index (χ2n) is 6.64. The Hall–Kier alpha value is -1.42. The minimum atomic E-state index is -0.992. The van der Waals surface area contributed by atoms with Crippen LogP contribution in [0.25, 0.3) is 0 Å². The van der Waals surface area contributed by atoms with Crippen molar-refractivity contribution in [1.82, 2.24) is 0 Å². The van der Waals surface area contributed by atoms with Gasteiger partial charge < -0.3 is 15.0 Å². The summed E-state index contributed by atoms with van der Waals surface area (Å²) in [5.41, 5.74) is 1.98. The molecule has 0 saturated carbocycles. The second-order valence-corrected chi connectivity index (χ2v) is 6.64. The molecule has 1 aliphatic rings. The first-order valence-corrected chi connectivity index (χ1v) is 9.36. The topological polar surface area (TPSA) is 77.4 Å². The van der Waals surface area contributed by atoms with Crippen LogP contribution in [0.3, 0.4) is 0 Å². The standard InChI is InChI=1S/C20H32O4/c1-2-3-6-9-17(21)14-12-16-13-15-19(22)18(16)10-7-4-5-8-11-20(23)24/h12,14,17,21H,2-11,13,15H2,1H3,(H,23,24)/p-1/b14-12+/t17-/m0/s1. The minimum Gasteiger partial charge on any atom is -0.550 e. The number of ketones is 1. The number of carboxylic acids is 1. The fraction of sp³-hybridized carbons (Fsp3) is 0.700. The van der Waals surface area contributed by atoms with Crippen LogP contribution in [0.5, 0.6) is 0 Å². The summed E-state index contributed by atoms with van der Waals surface area (Å²) in [6, 6.07) is 0. The number of carbonyl (C=O) groups is 2. The van der Waals surface area contributed by atoms with Crippen LogP contribution in [0.1, 0.15) is 84.0 Å². The van der Waals surface area contributed by atoms with E-state index in [1.54, 1.807) is 0 Å². The van der Waals surface area contributed by atoms with Crippen LogP contribution in [0, 0.1) is 0 Å². The van der Waals surface area contributed by atoms with Gasteiger partial charge in [0.25, 0.3) is 0 Å². The SMILES string of the molecule is CCCCC[C@H](O)/C=C/C1=C(CCCCCCC(=O)[O-])C(=O)CC1. The fourth-order valence-corrected chi connectivity index (χ4v) is 3.06. The van der Waals surface area contributed by atoms with Crippen molar-refractivity contribution in [1.29, 1.82) is 0 Å². The Morgan fingerprint density at radius 3 is 2.62 bits per heavy atom. The third kappa shape index (κ3) is 8.44. The number of hydrogen-bond acceptors (Lipinski definition) is 4. The van der Waals surface area contributed by atoms with Gasteiger partial charge in [-0.1, -0.05) is 51.2 Å². The van der Waals surface area contributed by atoms with Crippen LogP contribution in [-0.4, -0.2) is 23.0 Å². The lowest BCUT2D eigenvalue weighted by atomic mass is 10.0. The maximum atomic E-state index is 12.0. The highest BCUT2D eigenvalue weighted by Crippen LogP contribution is 2.28. The van der Waals surface area contributed by atoms with Gasteiger partial charge in [-0.05, 0) is 49.7 Å². The van der Waals surface area contributed by atoms with Gasteiger partial charge in [0.2, 0.25) is 0 Å². The Labute approximate surface area is 145 Å². The molecule has 1 aliphatic carbocycles. The van der Waals surface area contributed by atoms with E-state index in [0.29, 0.717) is 12.8 Å². The Kier molecular flexibility index (Phi) is 10.3. The molecule has 1 atom stereocenters. The number of aliphatic hydroxyl groups is 1. The van der Waals surface area contributed by atoms with Crippen LogP contribution < -0.4 is 5.11 Å². The molecule has 0 aromatic carbocycles. The van der Waals surface area contributed by atoms with Gasteiger partial charge in [0.05, 0.1) is 6.10 Å². The van der Waals surface area contributed by atoms with Crippen molar-refractivity contribution in [3.63, 3.8) is 0 Å². The average Bonchev–Trinajstić information content (AvgIpc) is 2.89. The van der Waals surface area contributed by atoms with Gasteiger partial charge >= 0.3 is 0 Å². The molecule has 1 rings (SSSR count). The van der Waals surface area contributed by atoms with Gasteiger partial charge in [0.15, 0.2) is 5.78 Å². The molecule has 0 spiro atoms. The Morgan fingerprint density at radius 2 is 1.92 bits per heavy atom. The van der Waals surface area contributed by atoms with Crippen LogP contribution >= 0.6 is 0 Å². The van der Waals surface area contributed by atoms with E-state index < -0.39 is 12.1 Å². The summed E-state index contributed by atoms with van der Waals surface area (Å²) >= 11 is 0. The van der Waals surface area contributed by atoms with Crippen molar-refractivity contribution in [2.45, 2.75) is 90.1 Å². The zero-order valence-corrected chi connectivity index (χ0v) is 14.9. The molecule has 24 heavy (non-hydrogen) atoms. The van der Waals surface area contributed by atoms with E-state index in [4.69, 9.17) is 0 Å². The van der Waals surface area contributed by atoms with E-state index in [-0.39, 0.29) is 12.2 Å². The van der Waals surface area contributed by atoms with Gasteiger partial charge in [-0.3, -0.25) is 4.79 Å². The monoisotopic (exact) mass is 335 g/mol. The van der Waals surface area contributed by atoms with Crippen molar-refractivity contribution in [2.24, 2.45) is 0 Å². The Morgan fingerprint density at radius 1 is 1.17 bits per heavy atom. The van der Waals surface area contributed by atoms with Gasteiger partial charge in [0, 0.05) is 12.4 Å². The average molecular weight is 335 g/mol. The zero-order valence-electron chi connectivity index (χ0n) is 14.9. The predicted molar refractivity (Wildman–Crippen MR) is 93.3 cm³/mol. The lowest BCUT2D eigenvalue weighted by molar-refractivity contribution is -0.305. The molecule has 0 aliphatic heterocycles. The summed E-state index contributed by atoms with van der Waals surface area (Å²) in [4.78, 5) is 22.4. The number of unbranched alkanes of at least 4 members (excludes halogenated alkanes) is 5.